The van der Waals surface area contributed by atoms with Crippen LogP contribution in [-0.4, -0.2) is 55.0 Å². The largest absolute Gasteiger partial charge is 0.469 e. The van der Waals surface area contributed by atoms with Gasteiger partial charge in [0.2, 0.25) is 5.91 Å². The average molecular weight is 373 g/mol. The van der Waals surface area contributed by atoms with E-state index in [-0.39, 0.29) is 36.4 Å². The van der Waals surface area contributed by atoms with E-state index in [4.69, 9.17) is 4.74 Å². The minimum Gasteiger partial charge on any atom is -0.469 e. The maximum absolute atomic E-state index is 12.6. The molecule has 146 valence electrons. The molecule has 1 saturated carbocycles. The molecular formula is C20H27N3O4. The van der Waals surface area contributed by atoms with Gasteiger partial charge in [-0.05, 0) is 44.4 Å². The van der Waals surface area contributed by atoms with Crippen LogP contribution in [0.3, 0.4) is 0 Å². The smallest absolute Gasteiger partial charge is 0.307 e. The molecule has 1 aromatic rings. The summed E-state index contributed by atoms with van der Waals surface area (Å²) in [5.74, 6) is -0.595. The van der Waals surface area contributed by atoms with Gasteiger partial charge in [-0.15, -0.1) is 0 Å². The van der Waals surface area contributed by atoms with Gasteiger partial charge in [-0.1, -0.05) is 18.6 Å². The van der Waals surface area contributed by atoms with Crippen LogP contribution in [0.4, 0.5) is 5.69 Å². The molecule has 0 radical (unpaired) electrons. The number of ether oxygens (including phenoxy) is 1. The summed E-state index contributed by atoms with van der Waals surface area (Å²) >= 11 is 0. The number of para-hydroxylation sites is 1. The summed E-state index contributed by atoms with van der Waals surface area (Å²) in [7, 11) is 1.38. The Hall–Kier alpha value is -2.41. The van der Waals surface area contributed by atoms with Gasteiger partial charge in [0.25, 0.3) is 5.91 Å². The number of nitrogens with zero attached hydrogens (tertiary/aromatic N) is 1. The van der Waals surface area contributed by atoms with Crippen LogP contribution in [0.1, 0.15) is 48.9 Å². The van der Waals surface area contributed by atoms with E-state index in [1.54, 1.807) is 24.3 Å². The molecule has 2 N–H and O–H groups in total. The molecule has 1 aromatic carbocycles. The van der Waals surface area contributed by atoms with Crippen molar-refractivity contribution in [2.24, 2.45) is 0 Å². The summed E-state index contributed by atoms with van der Waals surface area (Å²) in [6.45, 7) is 0.971. The van der Waals surface area contributed by atoms with Gasteiger partial charge in [0.05, 0.1) is 31.3 Å². The highest BCUT2D eigenvalue weighted by Crippen LogP contribution is 2.22. The van der Waals surface area contributed by atoms with E-state index < -0.39 is 0 Å². The first-order valence-corrected chi connectivity index (χ1v) is 9.57. The zero-order valence-corrected chi connectivity index (χ0v) is 15.7. The lowest BCUT2D eigenvalue weighted by molar-refractivity contribution is -0.142. The highest BCUT2D eigenvalue weighted by atomic mass is 16.5. The number of piperidine rings is 1. The number of carbonyl (C=O) groups is 3. The van der Waals surface area contributed by atoms with Gasteiger partial charge in [-0.25, -0.2) is 0 Å². The lowest BCUT2D eigenvalue weighted by Gasteiger charge is -2.34. The van der Waals surface area contributed by atoms with Crippen LogP contribution in [0.2, 0.25) is 0 Å². The van der Waals surface area contributed by atoms with Crippen LogP contribution in [0, 0.1) is 0 Å². The van der Waals surface area contributed by atoms with Crippen LogP contribution in [0.5, 0.6) is 0 Å². The van der Waals surface area contributed by atoms with E-state index in [1.165, 1.54) is 7.11 Å². The van der Waals surface area contributed by atoms with Crippen molar-refractivity contribution >= 4 is 23.5 Å². The topological polar surface area (TPSA) is 87.7 Å². The number of amides is 2. The first-order valence-electron chi connectivity index (χ1n) is 9.57. The van der Waals surface area contributed by atoms with Gasteiger partial charge in [-0.2, -0.15) is 0 Å². The minimum absolute atomic E-state index is 0.0189. The molecule has 1 aliphatic heterocycles. The molecule has 0 bridgehead atoms. The van der Waals surface area contributed by atoms with Crippen LogP contribution >= 0.6 is 0 Å². The van der Waals surface area contributed by atoms with E-state index >= 15 is 0 Å². The second kappa shape index (κ2) is 8.99. The fourth-order valence-electron chi connectivity index (χ4n) is 3.43. The highest BCUT2D eigenvalue weighted by molar-refractivity contribution is 6.04. The van der Waals surface area contributed by atoms with Gasteiger partial charge >= 0.3 is 5.97 Å². The molecule has 1 aliphatic carbocycles. The number of hydrogen-bond donors (Lipinski definition) is 2. The van der Waals surface area contributed by atoms with E-state index in [2.05, 4.69) is 10.6 Å². The van der Waals surface area contributed by atoms with E-state index in [1.807, 2.05) is 4.90 Å². The Bertz CT molecular complexity index is 702. The van der Waals surface area contributed by atoms with Gasteiger partial charge < -0.3 is 15.4 Å². The molecule has 7 heteroatoms. The number of esters is 1. The zero-order chi connectivity index (χ0) is 19.2. The number of anilines is 1. The number of carbonyl (C=O) groups excluding carboxylic acids is 3. The van der Waals surface area contributed by atoms with Gasteiger partial charge in [-0.3, -0.25) is 19.3 Å². The Labute approximate surface area is 159 Å². The molecule has 1 unspecified atom stereocenters. The SMILES string of the molecule is COC(=O)CC1CCCCN1CC(=O)Nc1ccccc1C(=O)NC1CC1. The molecule has 0 aromatic heterocycles. The number of likely N-dealkylation sites (tertiary alicyclic amines) is 1. The first kappa shape index (κ1) is 19.4. The van der Waals surface area contributed by atoms with E-state index in [0.717, 1.165) is 38.6 Å². The molecule has 0 spiro atoms. The third-order valence-corrected chi connectivity index (χ3v) is 5.08. The molecular weight excluding hydrogens is 346 g/mol. The molecule has 2 fully saturated rings. The molecule has 27 heavy (non-hydrogen) atoms. The van der Waals surface area contributed by atoms with Crippen molar-refractivity contribution in [3.63, 3.8) is 0 Å². The van der Waals surface area contributed by atoms with Crippen molar-refractivity contribution in [1.82, 2.24) is 10.2 Å². The predicted octanol–water partition coefficient (Wildman–Crippen LogP) is 1.93. The normalized spacial score (nSPS) is 20.0. The number of hydrogen-bond acceptors (Lipinski definition) is 5. The summed E-state index contributed by atoms with van der Waals surface area (Å²) in [4.78, 5) is 38.6. The van der Waals surface area contributed by atoms with Crippen molar-refractivity contribution < 1.29 is 19.1 Å². The molecule has 1 heterocycles. The second-order valence-corrected chi connectivity index (χ2v) is 7.24. The second-order valence-electron chi connectivity index (χ2n) is 7.24. The summed E-state index contributed by atoms with van der Waals surface area (Å²) in [6, 6.07) is 7.31. The number of benzene rings is 1. The monoisotopic (exact) mass is 373 g/mol. The molecule has 1 atom stereocenters. The third kappa shape index (κ3) is 5.53. The minimum atomic E-state index is -0.255. The van der Waals surface area contributed by atoms with Crippen LogP contribution in [-0.2, 0) is 14.3 Å². The predicted molar refractivity (Wildman–Crippen MR) is 101 cm³/mol. The lowest BCUT2D eigenvalue weighted by Crippen LogP contribution is -2.45. The fourth-order valence-corrected chi connectivity index (χ4v) is 3.43. The number of rotatable bonds is 7. The Morgan fingerprint density at radius 3 is 2.67 bits per heavy atom. The standard InChI is InChI=1S/C20H27N3O4/c1-27-19(25)12-15-6-4-5-11-23(15)13-18(24)22-17-8-3-2-7-16(17)20(26)21-14-9-10-14/h2-3,7-8,14-15H,4-6,9-13H2,1H3,(H,21,26)(H,22,24). The summed E-state index contributed by atoms with van der Waals surface area (Å²) < 4.78 is 4.77. The van der Waals surface area contributed by atoms with Crippen LogP contribution in [0.25, 0.3) is 0 Å². The Morgan fingerprint density at radius 2 is 1.93 bits per heavy atom. The summed E-state index contributed by atoms with van der Waals surface area (Å²) in [5.41, 5.74) is 0.990. The van der Waals surface area contributed by atoms with Gasteiger partial charge in [0.1, 0.15) is 0 Å². The fraction of sp³-hybridized carbons (Fsp3) is 0.550. The van der Waals surface area contributed by atoms with Crippen LogP contribution in [0.15, 0.2) is 24.3 Å². The van der Waals surface area contributed by atoms with Crippen molar-refractivity contribution in [1.29, 1.82) is 0 Å². The third-order valence-electron chi connectivity index (χ3n) is 5.08. The maximum atomic E-state index is 12.6. The molecule has 2 amide bonds. The maximum Gasteiger partial charge on any atom is 0.307 e. The highest BCUT2D eigenvalue weighted by Gasteiger charge is 2.28. The van der Waals surface area contributed by atoms with Crippen molar-refractivity contribution in [2.45, 2.75) is 50.6 Å². The lowest BCUT2D eigenvalue weighted by atomic mass is 9.99. The molecule has 3 rings (SSSR count). The van der Waals surface area contributed by atoms with Crippen molar-refractivity contribution in [3.05, 3.63) is 29.8 Å². The van der Waals surface area contributed by atoms with E-state index in [0.29, 0.717) is 17.7 Å². The zero-order valence-electron chi connectivity index (χ0n) is 15.7. The Kier molecular flexibility index (Phi) is 6.45. The summed E-state index contributed by atoms with van der Waals surface area (Å²) in [6.07, 6.45) is 5.25. The quantitative estimate of drug-likeness (QED) is 0.713. The first-order chi connectivity index (χ1) is 13.1. The summed E-state index contributed by atoms with van der Waals surface area (Å²) in [5, 5.41) is 5.81. The van der Waals surface area contributed by atoms with Crippen molar-refractivity contribution in [3.8, 4) is 0 Å². The number of nitrogens with one attached hydrogen (secondary N) is 2. The van der Waals surface area contributed by atoms with Crippen molar-refractivity contribution in [2.75, 3.05) is 25.5 Å². The molecule has 1 saturated heterocycles. The van der Waals surface area contributed by atoms with E-state index in [9.17, 15) is 14.4 Å². The number of methoxy groups -OCH3 is 1. The Balaban J connectivity index is 1.61. The molecule has 7 nitrogen and oxygen atoms in total. The Morgan fingerprint density at radius 1 is 1.15 bits per heavy atom. The van der Waals surface area contributed by atoms with Gasteiger partial charge in [0.15, 0.2) is 0 Å². The molecule has 2 aliphatic rings. The van der Waals surface area contributed by atoms with Gasteiger partial charge in [0, 0.05) is 12.1 Å². The average Bonchev–Trinajstić information content (AvgIpc) is 3.47. The van der Waals surface area contributed by atoms with Crippen LogP contribution < -0.4 is 10.6 Å².